The van der Waals surface area contributed by atoms with Crippen LogP contribution in [0.2, 0.25) is 0 Å². The van der Waals surface area contributed by atoms with E-state index in [2.05, 4.69) is 0 Å². The first-order chi connectivity index (χ1) is 6.27. The Kier molecular flexibility index (Phi) is 5.49. The fraction of sp³-hybridized carbons (Fsp3) is 0.667. The van der Waals surface area contributed by atoms with Gasteiger partial charge in [-0.2, -0.15) is 0 Å². The first kappa shape index (κ1) is 13.8. The first-order valence-corrected chi connectivity index (χ1v) is 5.00. The molecule has 3 nitrogen and oxygen atoms in total. The Morgan fingerprint density at radius 3 is 2.21 bits per heavy atom. The molecule has 0 rings (SSSR count). The largest absolute Gasteiger partial charge is 0.480 e. The van der Waals surface area contributed by atoms with Gasteiger partial charge in [-0.25, -0.2) is 0 Å². The normalized spacial score (nSPS) is 13.4. The third-order valence-corrected chi connectivity index (χ3v) is 2.34. The molecule has 0 heterocycles. The molecular weight excluding hydrogens is 225 g/mol. The quantitative estimate of drug-likeness (QED) is 0.820. The second-order valence-electron chi connectivity index (χ2n) is 3.98. The Morgan fingerprint density at radius 1 is 1.43 bits per heavy atom. The molecule has 0 saturated heterocycles. The van der Waals surface area contributed by atoms with Crippen molar-refractivity contribution in [3.8, 4) is 0 Å². The Bertz CT molecular complexity index is 233. The van der Waals surface area contributed by atoms with Crippen molar-refractivity contribution in [1.82, 2.24) is 4.90 Å². The maximum atomic E-state index is 10.6. The van der Waals surface area contributed by atoms with Crippen molar-refractivity contribution in [2.75, 3.05) is 13.1 Å². The van der Waals surface area contributed by atoms with Crippen molar-refractivity contribution < 1.29 is 9.90 Å². The number of nitrogens with zero attached hydrogens (tertiary/aromatic N) is 1. The number of carboxylic acids is 1. The van der Waals surface area contributed by atoms with Crippen LogP contribution >= 0.6 is 23.2 Å². The van der Waals surface area contributed by atoms with Gasteiger partial charge >= 0.3 is 5.97 Å². The average molecular weight is 240 g/mol. The van der Waals surface area contributed by atoms with Gasteiger partial charge in [0.2, 0.25) is 0 Å². The summed E-state index contributed by atoms with van der Waals surface area (Å²) in [5.74, 6) is -0.876. The molecule has 0 unspecified atom stereocenters. The molecule has 0 fully saturated rings. The molecular formula is C9H15Cl2NO2. The molecule has 0 spiro atoms. The molecule has 5 heteroatoms. The second kappa shape index (κ2) is 5.59. The van der Waals surface area contributed by atoms with E-state index in [1.807, 2.05) is 20.8 Å². The minimum atomic E-state index is -0.876. The third kappa shape index (κ3) is 5.47. The fourth-order valence-corrected chi connectivity index (χ4v) is 1.12. The molecule has 82 valence electrons. The van der Waals surface area contributed by atoms with Crippen LogP contribution in [0.1, 0.15) is 20.8 Å². The summed E-state index contributed by atoms with van der Waals surface area (Å²) in [6, 6.07) is 0. The Labute approximate surface area is 94.3 Å². The highest BCUT2D eigenvalue weighted by Crippen LogP contribution is 2.16. The average Bonchev–Trinajstić information content (AvgIpc) is 2.00. The number of hydrogen-bond donors (Lipinski definition) is 1. The molecule has 0 amide bonds. The zero-order chi connectivity index (χ0) is 11.4. The highest BCUT2D eigenvalue weighted by molar-refractivity contribution is 6.36. The van der Waals surface area contributed by atoms with Crippen molar-refractivity contribution in [3.05, 3.63) is 10.6 Å². The molecule has 0 aliphatic heterocycles. The smallest absolute Gasteiger partial charge is 0.317 e. The molecule has 0 aliphatic carbocycles. The molecule has 0 aromatic rings. The van der Waals surface area contributed by atoms with E-state index in [9.17, 15) is 4.79 Å². The monoisotopic (exact) mass is 239 g/mol. The minimum Gasteiger partial charge on any atom is -0.480 e. The van der Waals surface area contributed by atoms with Crippen LogP contribution in [-0.2, 0) is 4.79 Å². The number of halogens is 2. The van der Waals surface area contributed by atoms with Crippen molar-refractivity contribution >= 4 is 29.2 Å². The molecule has 0 bridgehead atoms. The van der Waals surface area contributed by atoms with E-state index in [-0.39, 0.29) is 12.1 Å². The van der Waals surface area contributed by atoms with Crippen LogP contribution in [0.25, 0.3) is 0 Å². The summed E-state index contributed by atoms with van der Waals surface area (Å²) in [4.78, 5) is 12.3. The van der Waals surface area contributed by atoms with E-state index in [1.165, 1.54) is 5.54 Å². The van der Waals surface area contributed by atoms with E-state index >= 15 is 0 Å². The molecule has 0 aliphatic rings. The maximum Gasteiger partial charge on any atom is 0.317 e. The van der Waals surface area contributed by atoms with Gasteiger partial charge in [-0.1, -0.05) is 23.2 Å². The number of aliphatic carboxylic acids is 1. The van der Waals surface area contributed by atoms with Gasteiger partial charge < -0.3 is 5.11 Å². The van der Waals surface area contributed by atoms with Gasteiger partial charge in [-0.15, -0.1) is 0 Å². The highest BCUT2D eigenvalue weighted by atomic mass is 35.5. The van der Waals surface area contributed by atoms with Gasteiger partial charge in [0.25, 0.3) is 0 Å². The predicted molar refractivity (Wildman–Crippen MR) is 58.8 cm³/mol. The van der Waals surface area contributed by atoms with Crippen LogP contribution in [-0.4, -0.2) is 34.6 Å². The summed E-state index contributed by atoms with van der Waals surface area (Å²) in [5.41, 5.74) is 1.00. The lowest BCUT2D eigenvalue weighted by Crippen LogP contribution is -2.45. The number of carboxylic acid groups (broad SMARTS) is 1. The summed E-state index contributed by atoms with van der Waals surface area (Å²) < 4.78 is 0. The van der Waals surface area contributed by atoms with Crippen LogP contribution in [0.5, 0.6) is 0 Å². The zero-order valence-electron chi connectivity index (χ0n) is 8.55. The van der Waals surface area contributed by atoms with Crippen molar-refractivity contribution in [2.45, 2.75) is 26.3 Å². The van der Waals surface area contributed by atoms with Crippen molar-refractivity contribution in [3.63, 3.8) is 0 Å². The van der Waals surface area contributed by atoms with E-state index in [4.69, 9.17) is 28.3 Å². The number of hydrogen-bond acceptors (Lipinski definition) is 2. The molecule has 0 aromatic heterocycles. The van der Waals surface area contributed by atoms with Gasteiger partial charge in [0.1, 0.15) is 0 Å². The van der Waals surface area contributed by atoms with Crippen LogP contribution in [0.15, 0.2) is 10.6 Å². The molecule has 0 atom stereocenters. The van der Waals surface area contributed by atoms with E-state index in [1.54, 1.807) is 4.90 Å². The number of rotatable bonds is 4. The Hall–Kier alpha value is -0.250. The second-order valence-corrected chi connectivity index (χ2v) is 4.68. The van der Waals surface area contributed by atoms with E-state index < -0.39 is 5.97 Å². The van der Waals surface area contributed by atoms with Crippen LogP contribution in [0, 0.1) is 0 Å². The molecule has 0 saturated carbocycles. The van der Waals surface area contributed by atoms with Gasteiger partial charge in [-0.05, 0) is 20.8 Å². The summed E-state index contributed by atoms with van der Waals surface area (Å²) in [5, 5.41) is 9.13. The van der Waals surface area contributed by atoms with Gasteiger partial charge in [0.05, 0.1) is 6.54 Å². The standard InChI is InChI=1S/C9H15Cl2NO2/c1-9(2,3)12(6-8(13)14)5-7(11)4-10/h4H,5-6H2,1-3H3,(H,13,14). The van der Waals surface area contributed by atoms with E-state index in [0.717, 1.165) is 0 Å². The van der Waals surface area contributed by atoms with Crippen molar-refractivity contribution in [2.24, 2.45) is 0 Å². The van der Waals surface area contributed by atoms with E-state index in [0.29, 0.717) is 11.6 Å². The fourth-order valence-electron chi connectivity index (χ4n) is 0.910. The molecule has 0 radical (unpaired) electrons. The van der Waals surface area contributed by atoms with Crippen LogP contribution in [0.4, 0.5) is 0 Å². The lowest BCUT2D eigenvalue weighted by atomic mass is 10.1. The first-order valence-electron chi connectivity index (χ1n) is 4.19. The maximum absolute atomic E-state index is 10.6. The highest BCUT2D eigenvalue weighted by Gasteiger charge is 2.23. The SMILES string of the molecule is CC(C)(C)N(CC(=O)O)CC(Cl)=CCl. The van der Waals surface area contributed by atoms with Gasteiger partial charge in [-0.3, -0.25) is 9.69 Å². The van der Waals surface area contributed by atoms with Crippen LogP contribution < -0.4 is 0 Å². The molecule has 1 N–H and O–H groups in total. The third-order valence-electron chi connectivity index (χ3n) is 1.74. The summed E-state index contributed by atoms with van der Waals surface area (Å²) in [6.45, 7) is 6.07. The van der Waals surface area contributed by atoms with Crippen LogP contribution in [0.3, 0.4) is 0 Å². The number of carbonyl (C=O) groups is 1. The lowest BCUT2D eigenvalue weighted by molar-refractivity contribution is -0.139. The topological polar surface area (TPSA) is 40.5 Å². The Balaban J connectivity index is 4.49. The zero-order valence-corrected chi connectivity index (χ0v) is 10.1. The van der Waals surface area contributed by atoms with Gasteiger partial charge in [0, 0.05) is 22.7 Å². The summed E-state index contributed by atoms with van der Waals surface area (Å²) in [7, 11) is 0. The van der Waals surface area contributed by atoms with Crippen molar-refractivity contribution in [1.29, 1.82) is 0 Å². The predicted octanol–water partition coefficient (Wildman–Crippen LogP) is 2.49. The molecule has 14 heavy (non-hydrogen) atoms. The summed E-state index contributed by atoms with van der Waals surface area (Å²) >= 11 is 11.2. The Morgan fingerprint density at radius 2 is 1.93 bits per heavy atom. The summed E-state index contributed by atoms with van der Waals surface area (Å²) in [6.07, 6.45) is 0. The minimum absolute atomic E-state index is 0.0511. The lowest BCUT2D eigenvalue weighted by Gasteiger charge is -2.33. The van der Waals surface area contributed by atoms with Gasteiger partial charge in [0.15, 0.2) is 0 Å². The molecule has 0 aromatic carbocycles.